The second kappa shape index (κ2) is 11.5. The summed E-state index contributed by atoms with van der Waals surface area (Å²) in [5.74, 6) is 0.0220. The Bertz CT molecular complexity index is 1340. The number of thioether (sulfide) groups is 1. The Morgan fingerprint density at radius 1 is 0.972 bits per heavy atom. The summed E-state index contributed by atoms with van der Waals surface area (Å²) in [4.78, 5) is 39.2. The Morgan fingerprint density at radius 2 is 1.75 bits per heavy atom. The Hall–Kier alpha value is -3.46. The summed E-state index contributed by atoms with van der Waals surface area (Å²) in [7, 11) is 1.45. The second-order valence-electron chi connectivity index (χ2n) is 7.45. The van der Waals surface area contributed by atoms with Gasteiger partial charge in [0.2, 0.25) is 0 Å². The lowest BCUT2D eigenvalue weighted by Crippen LogP contribution is -2.32. The number of benzene rings is 3. The highest BCUT2D eigenvalue weighted by molar-refractivity contribution is 8.18. The van der Waals surface area contributed by atoms with Gasteiger partial charge in [-0.2, -0.15) is 0 Å². The quantitative estimate of drug-likeness (QED) is 0.186. The molecule has 1 saturated heterocycles. The van der Waals surface area contributed by atoms with Crippen LogP contribution >= 0.6 is 35.0 Å². The fourth-order valence-corrected chi connectivity index (χ4v) is 4.45. The van der Waals surface area contributed by atoms with Gasteiger partial charge < -0.3 is 14.2 Å². The molecule has 0 atom stereocenters. The molecule has 0 N–H and O–H groups in total. The molecule has 1 fully saturated rings. The second-order valence-corrected chi connectivity index (χ2v) is 9.31. The number of hydrogen-bond donors (Lipinski definition) is 0. The van der Waals surface area contributed by atoms with Crippen LogP contribution in [0.1, 0.15) is 15.9 Å². The van der Waals surface area contributed by atoms with Crippen molar-refractivity contribution in [3.05, 3.63) is 92.8 Å². The fourth-order valence-electron chi connectivity index (χ4n) is 3.27. The zero-order chi connectivity index (χ0) is 25.7. The van der Waals surface area contributed by atoms with Crippen LogP contribution in [0.15, 0.2) is 71.6 Å². The molecule has 0 aliphatic carbocycles. The van der Waals surface area contributed by atoms with Crippen LogP contribution in [0, 0.1) is 0 Å². The summed E-state index contributed by atoms with van der Waals surface area (Å²) in [6.07, 6.45) is 1.56. The number of methoxy groups -OCH3 is 1. The van der Waals surface area contributed by atoms with Crippen molar-refractivity contribution in [3.63, 3.8) is 0 Å². The fraction of sp³-hybridized carbons (Fsp3) is 0.115. The van der Waals surface area contributed by atoms with Crippen LogP contribution in [0.5, 0.6) is 17.2 Å². The molecular weight excluding hydrogens is 525 g/mol. The molecule has 0 saturated carbocycles. The molecule has 7 nitrogen and oxygen atoms in total. The Kier molecular flexibility index (Phi) is 8.20. The monoisotopic (exact) mass is 543 g/mol. The number of imide groups is 1. The lowest BCUT2D eigenvalue weighted by molar-refractivity contribution is -0.123. The van der Waals surface area contributed by atoms with Crippen LogP contribution in [0.3, 0.4) is 0 Å². The van der Waals surface area contributed by atoms with Crippen molar-refractivity contribution in [3.8, 4) is 17.2 Å². The van der Waals surface area contributed by atoms with E-state index in [0.29, 0.717) is 27.1 Å². The Labute approximate surface area is 221 Å². The molecule has 0 aromatic heterocycles. The normalized spacial score (nSPS) is 14.3. The maximum Gasteiger partial charge on any atom is 0.343 e. The molecule has 0 radical (unpaired) electrons. The van der Waals surface area contributed by atoms with E-state index in [-0.39, 0.29) is 29.4 Å². The van der Waals surface area contributed by atoms with Crippen molar-refractivity contribution in [1.82, 2.24) is 4.90 Å². The van der Waals surface area contributed by atoms with Gasteiger partial charge in [-0.05, 0) is 78.0 Å². The minimum atomic E-state index is -0.617. The molecule has 10 heteroatoms. The molecule has 4 rings (SSSR count). The number of nitrogens with zero attached hydrogens (tertiary/aromatic N) is 1. The van der Waals surface area contributed by atoms with Crippen LogP contribution in [-0.4, -0.2) is 42.3 Å². The summed E-state index contributed by atoms with van der Waals surface area (Å²) in [5.41, 5.74) is 0.824. The van der Waals surface area contributed by atoms with Crippen LogP contribution in [-0.2, 0) is 4.79 Å². The highest BCUT2D eigenvalue weighted by Gasteiger charge is 2.34. The van der Waals surface area contributed by atoms with Gasteiger partial charge in [-0.15, -0.1) is 0 Å². The first kappa shape index (κ1) is 25.6. The molecule has 1 heterocycles. The van der Waals surface area contributed by atoms with Gasteiger partial charge in [-0.1, -0.05) is 35.3 Å². The van der Waals surface area contributed by atoms with Crippen LogP contribution in [0.2, 0.25) is 10.0 Å². The molecule has 36 heavy (non-hydrogen) atoms. The zero-order valence-electron chi connectivity index (χ0n) is 18.9. The molecular formula is C26H19Cl2NO6S. The maximum absolute atomic E-state index is 12.8. The number of halogens is 2. The molecule has 3 aromatic carbocycles. The summed E-state index contributed by atoms with van der Waals surface area (Å²) in [6.45, 7) is 0.231. The number of carbonyl (C=O) groups excluding carboxylic acids is 3. The summed E-state index contributed by atoms with van der Waals surface area (Å²) in [6, 6.07) is 18.0. The van der Waals surface area contributed by atoms with E-state index >= 15 is 0 Å². The van der Waals surface area contributed by atoms with Crippen molar-refractivity contribution >= 4 is 58.2 Å². The standard InChI is InChI=1S/C26H19Cl2NO6S/c1-33-21-10-5-16(13-22(21)35-25(31)17-3-2-4-19(28)15-17)14-23-24(30)29(26(32)36-23)11-12-34-20-8-6-18(27)7-9-20/h2-10,13-15H,11-12H2,1H3/b23-14-. The van der Waals surface area contributed by atoms with E-state index in [1.54, 1.807) is 66.7 Å². The SMILES string of the molecule is COc1ccc(/C=C2\SC(=O)N(CCOc3ccc(Cl)cc3)C2=O)cc1OC(=O)c1cccc(Cl)c1. The first-order valence-corrected chi connectivity index (χ1v) is 12.2. The largest absolute Gasteiger partial charge is 0.493 e. The minimum Gasteiger partial charge on any atom is -0.493 e. The van der Waals surface area contributed by atoms with Crippen molar-refractivity contribution < 1.29 is 28.6 Å². The predicted octanol–water partition coefficient (Wildman–Crippen LogP) is 6.34. The molecule has 0 bridgehead atoms. The molecule has 0 unspecified atom stereocenters. The van der Waals surface area contributed by atoms with Crippen LogP contribution in [0.4, 0.5) is 4.79 Å². The number of ether oxygens (including phenoxy) is 3. The molecule has 0 spiro atoms. The van der Waals surface area contributed by atoms with Crippen molar-refractivity contribution in [1.29, 1.82) is 0 Å². The number of hydrogen-bond acceptors (Lipinski definition) is 7. The molecule has 1 aliphatic heterocycles. The Morgan fingerprint density at radius 3 is 2.47 bits per heavy atom. The van der Waals surface area contributed by atoms with E-state index in [4.69, 9.17) is 37.4 Å². The zero-order valence-corrected chi connectivity index (χ0v) is 21.2. The number of rotatable bonds is 8. The third-order valence-corrected chi connectivity index (χ3v) is 6.41. The third kappa shape index (κ3) is 6.20. The van der Waals surface area contributed by atoms with Crippen LogP contribution < -0.4 is 14.2 Å². The minimum absolute atomic E-state index is 0.0930. The first-order chi connectivity index (χ1) is 17.3. The topological polar surface area (TPSA) is 82.1 Å². The van der Waals surface area contributed by atoms with E-state index in [1.807, 2.05) is 0 Å². The van der Waals surface area contributed by atoms with Crippen molar-refractivity contribution in [2.45, 2.75) is 0 Å². The van der Waals surface area contributed by atoms with Gasteiger partial charge in [-0.25, -0.2) is 4.79 Å². The summed E-state index contributed by atoms with van der Waals surface area (Å²) in [5, 5.41) is 0.589. The third-order valence-electron chi connectivity index (χ3n) is 5.02. The molecule has 184 valence electrons. The lowest BCUT2D eigenvalue weighted by atomic mass is 10.1. The van der Waals surface area contributed by atoms with Gasteiger partial charge in [0.05, 0.1) is 24.1 Å². The number of esters is 1. The van der Waals surface area contributed by atoms with Crippen molar-refractivity contribution in [2.75, 3.05) is 20.3 Å². The van der Waals surface area contributed by atoms with Gasteiger partial charge in [0.25, 0.3) is 11.1 Å². The molecule has 3 aromatic rings. The van der Waals surface area contributed by atoms with Gasteiger partial charge in [0.1, 0.15) is 12.4 Å². The lowest BCUT2D eigenvalue weighted by Gasteiger charge is -2.13. The number of amides is 2. The average Bonchev–Trinajstić information content (AvgIpc) is 3.12. The maximum atomic E-state index is 12.8. The summed E-state index contributed by atoms with van der Waals surface area (Å²) >= 11 is 12.6. The predicted molar refractivity (Wildman–Crippen MR) is 139 cm³/mol. The smallest absolute Gasteiger partial charge is 0.343 e. The van der Waals surface area contributed by atoms with E-state index in [9.17, 15) is 14.4 Å². The van der Waals surface area contributed by atoms with Gasteiger partial charge in [-0.3, -0.25) is 14.5 Å². The first-order valence-electron chi connectivity index (χ1n) is 10.6. The summed E-state index contributed by atoms with van der Waals surface area (Å²) < 4.78 is 16.4. The van der Waals surface area contributed by atoms with E-state index in [2.05, 4.69) is 0 Å². The number of carbonyl (C=O) groups is 3. The Balaban J connectivity index is 1.45. The molecule has 2 amide bonds. The molecule has 1 aliphatic rings. The van der Waals surface area contributed by atoms with Crippen LogP contribution in [0.25, 0.3) is 6.08 Å². The van der Waals surface area contributed by atoms with E-state index < -0.39 is 17.1 Å². The van der Waals surface area contributed by atoms with Gasteiger partial charge in [0.15, 0.2) is 11.5 Å². The van der Waals surface area contributed by atoms with Gasteiger partial charge in [0, 0.05) is 10.0 Å². The van der Waals surface area contributed by atoms with E-state index in [0.717, 1.165) is 16.7 Å². The van der Waals surface area contributed by atoms with Crippen molar-refractivity contribution in [2.24, 2.45) is 0 Å². The highest BCUT2D eigenvalue weighted by atomic mass is 35.5. The van der Waals surface area contributed by atoms with Gasteiger partial charge >= 0.3 is 5.97 Å². The van der Waals surface area contributed by atoms with E-state index in [1.165, 1.54) is 13.2 Å². The highest BCUT2D eigenvalue weighted by Crippen LogP contribution is 2.35. The average molecular weight is 544 g/mol.